The van der Waals surface area contributed by atoms with Crippen molar-refractivity contribution in [1.82, 2.24) is 0 Å². The van der Waals surface area contributed by atoms with Crippen molar-refractivity contribution >= 4 is 17.4 Å². The van der Waals surface area contributed by atoms with Gasteiger partial charge in [-0.05, 0) is 5.92 Å². The molecule has 0 saturated heterocycles. The Morgan fingerprint density at radius 1 is 1.31 bits per heavy atom. The maximum atomic E-state index is 11.7. The fourth-order valence-electron chi connectivity index (χ4n) is 1.24. The van der Waals surface area contributed by atoms with E-state index in [9.17, 15) is 4.79 Å². The van der Waals surface area contributed by atoms with Gasteiger partial charge >= 0.3 is 0 Å². The van der Waals surface area contributed by atoms with E-state index in [0.29, 0.717) is 18.1 Å². The average Bonchev–Trinajstić information content (AvgIpc) is 2.27. The Morgan fingerprint density at radius 3 is 2.50 bits per heavy atom. The summed E-state index contributed by atoms with van der Waals surface area (Å²) < 4.78 is 5.34. The van der Waals surface area contributed by atoms with E-state index in [2.05, 4.69) is 0 Å². The third kappa shape index (κ3) is 4.77. The first-order valence-corrected chi connectivity index (χ1v) is 5.87. The third-order valence-corrected chi connectivity index (χ3v) is 2.33. The number of Topliss-reactive ketones (excluding diaryl/α,β-unsaturated/α-hetero) is 1. The van der Waals surface area contributed by atoms with Crippen LogP contribution in [0.5, 0.6) is 0 Å². The molecule has 0 heterocycles. The van der Waals surface area contributed by atoms with Crippen LogP contribution in [0.4, 0.5) is 0 Å². The molecule has 88 valence electrons. The summed E-state index contributed by atoms with van der Waals surface area (Å²) in [6.07, 6.45) is 0.221. The van der Waals surface area contributed by atoms with E-state index < -0.39 is 5.56 Å². The molecule has 0 aliphatic carbocycles. The van der Waals surface area contributed by atoms with Crippen LogP contribution in [0.2, 0.25) is 0 Å². The van der Waals surface area contributed by atoms with E-state index in [1.54, 1.807) is 12.1 Å². The standard InChI is InChI=1S/C13H17ClO2/c1-10(2)9-16-13(14)8-12(15)11-6-4-3-5-7-11/h3-7,10,13H,8-9H2,1-2H3. The predicted octanol–water partition coefficient (Wildman–Crippen LogP) is 3.50. The number of carbonyl (C=O) groups is 1. The molecule has 0 aromatic heterocycles. The predicted molar refractivity (Wildman–Crippen MR) is 65.8 cm³/mol. The first-order chi connectivity index (χ1) is 7.59. The summed E-state index contributed by atoms with van der Waals surface area (Å²) in [4.78, 5) is 11.7. The van der Waals surface area contributed by atoms with Crippen LogP contribution < -0.4 is 0 Å². The van der Waals surface area contributed by atoms with Crippen LogP contribution >= 0.6 is 11.6 Å². The number of benzene rings is 1. The lowest BCUT2D eigenvalue weighted by Gasteiger charge is -2.12. The highest BCUT2D eigenvalue weighted by Crippen LogP contribution is 2.11. The fraction of sp³-hybridized carbons (Fsp3) is 0.462. The van der Waals surface area contributed by atoms with Crippen LogP contribution in [0.25, 0.3) is 0 Å². The Labute approximate surface area is 102 Å². The molecular weight excluding hydrogens is 224 g/mol. The molecular formula is C13H17ClO2. The minimum absolute atomic E-state index is 0.0179. The summed E-state index contributed by atoms with van der Waals surface area (Å²) in [5, 5.41) is 0. The van der Waals surface area contributed by atoms with Crippen molar-refractivity contribution in [1.29, 1.82) is 0 Å². The molecule has 0 radical (unpaired) electrons. The lowest BCUT2D eigenvalue weighted by atomic mass is 10.1. The van der Waals surface area contributed by atoms with Gasteiger partial charge in [0.05, 0.1) is 13.0 Å². The largest absolute Gasteiger partial charge is 0.362 e. The monoisotopic (exact) mass is 240 g/mol. The molecule has 1 rings (SSSR count). The second-order valence-corrected chi connectivity index (χ2v) is 4.62. The van der Waals surface area contributed by atoms with Gasteiger partial charge in [0.1, 0.15) is 5.56 Å². The van der Waals surface area contributed by atoms with Gasteiger partial charge in [-0.25, -0.2) is 0 Å². The van der Waals surface area contributed by atoms with E-state index in [4.69, 9.17) is 16.3 Å². The average molecular weight is 241 g/mol. The summed E-state index contributed by atoms with van der Waals surface area (Å²) in [6, 6.07) is 9.13. The van der Waals surface area contributed by atoms with Gasteiger partial charge in [0.25, 0.3) is 0 Å². The normalized spacial score (nSPS) is 12.8. The van der Waals surface area contributed by atoms with E-state index >= 15 is 0 Å². The number of halogens is 1. The maximum Gasteiger partial charge on any atom is 0.166 e. The van der Waals surface area contributed by atoms with Crippen molar-refractivity contribution in [3.63, 3.8) is 0 Å². The second-order valence-electron chi connectivity index (χ2n) is 4.13. The molecule has 1 aromatic carbocycles. The smallest absolute Gasteiger partial charge is 0.166 e. The SMILES string of the molecule is CC(C)COC(Cl)CC(=O)c1ccccc1. The van der Waals surface area contributed by atoms with Gasteiger partial charge in [-0.1, -0.05) is 55.8 Å². The van der Waals surface area contributed by atoms with Gasteiger partial charge in [-0.2, -0.15) is 0 Å². The molecule has 0 N–H and O–H groups in total. The van der Waals surface area contributed by atoms with Crippen molar-refractivity contribution in [2.75, 3.05) is 6.61 Å². The second kappa shape index (κ2) is 6.66. The van der Waals surface area contributed by atoms with Crippen molar-refractivity contribution in [3.8, 4) is 0 Å². The Morgan fingerprint density at radius 2 is 1.94 bits per heavy atom. The number of alkyl halides is 1. The van der Waals surface area contributed by atoms with Crippen molar-refractivity contribution in [3.05, 3.63) is 35.9 Å². The number of ketones is 1. The van der Waals surface area contributed by atoms with Crippen LogP contribution in [-0.4, -0.2) is 18.0 Å². The molecule has 0 saturated carbocycles. The molecule has 0 spiro atoms. The molecule has 1 aromatic rings. The molecule has 0 aliphatic rings. The van der Waals surface area contributed by atoms with Gasteiger partial charge in [0, 0.05) is 5.56 Å². The first-order valence-electron chi connectivity index (χ1n) is 5.43. The molecule has 16 heavy (non-hydrogen) atoms. The molecule has 0 bridgehead atoms. The van der Waals surface area contributed by atoms with E-state index in [0.717, 1.165) is 0 Å². The highest BCUT2D eigenvalue weighted by Gasteiger charge is 2.13. The fourth-order valence-corrected chi connectivity index (χ4v) is 1.46. The Hall–Kier alpha value is -0.860. The Balaban J connectivity index is 2.40. The zero-order valence-electron chi connectivity index (χ0n) is 9.65. The quantitative estimate of drug-likeness (QED) is 0.562. The number of carbonyl (C=O) groups excluding carboxylic acids is 1. The highest BCUT2D eigenvalue weighted by atomic mass is 35.5. The lowest BCUT2D eigenvalue weighted by molar-refractivity contribution is 0.0687. The zero-order chi connectivity index (χ0) is 12.0. The number of hydrogen-bond acceptors (Lipinski definition) is 2. The summed E-state index contributed by atoms with van der Waals surface area (Å²) in [5.74, 6) is 0.442. The molecule has 0 amide bonds. The topological polar surface area (TPSA) is 26.3 Å². The number of ether oxygens (including phenoxy) is 1. The lowest BCUT2D eigenvalue weighted by Crippen LogP contribution is -2.15. The van der Waals surface area contributed by atoms with Crippen molar-refractivity contribution in [2.45, 2.75) is 25.8 Å². The number of rotatable bonds is 6. The van der Waals surface area contributed by atoms with Crippen LogP contribution in [0.1, 0.15) is 30.6 Å². The van der Waals surface area contributed by atoms with Crippen LogP contribution in [0.15, 0.2) is 30.3 Å². The van der Waals surface area contributed by atoms with Crippen LogP contribution in [-0.2, 0) is 4.74 Å². The van der Waals surface area contributed by atoms with Gasteiger partial charge in [-0.15, -0.1) is 0 Å². The van der Waals surface area contributed by atoms with E-state index in [1.165, 1.54) is 0 Å². The summed E-state index contributed by atoms with van der Waals surface area (Å²) in [5.41, 5.74) is 0.149. The molecule has 2 nitrogen and oxygen atoms in total. The Kier molecular flexibility index (Phi) is 5.50. The van der Waals surface area contributed by atoms with Gasteiger partial charge in [-0.3, -0.25) is 4.79 Å². The summed E-state index contributed by atoms with van der Waals surface area (Å²) in [7, 11) is 0. The Bertz CT molecular complexity index is 322. The van der Waals surface area contributed by atoms with Gasteiger partial charge in [0.15, 0.2) is 5.78 Å². The van der Waals surface area contributed by atoms with Crippen LogP contribution in [0, 0.1) is 5.92 Å². The molecule has 3 heteroatoms. The minimum Gasteiger partial charge on any atom is -0.362 e. The first kappa shape index (κ1) is 13.2. The summed E-state index contributed by atoms with van der Waals surface area (Å²) >= 11 is 5.93. The van der Waals surface area contributed by atoms with Crippen molar-refractivity contribution < 1.29 is 9.53 Å². The van der Waals surface area contributed by atoms with Gasteiger partial charge in [0.2, 0.25) is 0 Å². The maximum absolute atomic E-state index is 11.7. The molecule has 0 fully saturated rings. The molecule has 0 aliphatic heterocycles. The van der Waals surface area contributed by atoms with E-state index in [1.807, 2.05) is 32.0 Å². The minimum atomic E-state index is -0.532. The van der Waals surface area contributed by atoms with Crippen molar-refractivity contribution in [2.24, 2.45) is 5.92 Å². The third-order valence-electron chi connectivity index (χ3n) is 2.05. The zero-order valence-corrected chi connectivity index (χ0v) is 10.4. The van der Waals surface area contributed by atoms with E-state index in [-0.39, 0.29) is 12.2 Å². The molecule has 1 atom stereocenters. The summed E-state index contributed by atoms with van der Waals surface area (Å²) in [6.45, 7) is 4.67. The number of hydrogen-bond donors (Lipinski definition) is 0. The highest BCUT2D eigenvalue weighted by molar-refractivity contribution is 6.21. The molecule has 1 unspecified atom stereocenters. The van der Waals surface area contributed by atoms with Crippen LogP contribution in [0.3, 0.4) is 0 Å². The van der Waals surface area contributed by atoms with Gasteiger partial charge < -0.3 is 4.74 Å².